The van der Waals surface area contributed by atoms with Crippen LogP contribution in [0.15, 0.2) is 58.4 Å². The van der Waals surface area contributed by atoms with Crippen LogP contribution >= 0.6 is 0 Å². The minimum atomic E-state index is -1.19. The van der Waals surface area contributed by atoms with Crippen LogP contribution in [0.5, 0.6) is 0 Å². The van der Waals surface area contributed by atoms with Crippen molar-refractivity contribution in [3.8, 4) is 0 Å². The summed E-state index contributed by atoms with van der Waals surface area (Å²) in [6.45, 7) is 1.65. The normalized spacial score (nSPS) is 14.8. The lowest BCUT2D eigenvalue weighted by Crippen LogP contribution is -2.35. The Morgan fingerprint density at radius 3 is 2.51 bits per heavy atom. The number of fused-ring (bicyclic) bond motifs is 2. The van der Waals surface area contributed by atoms with Gasteiger partial charge in [-0.2, -0.15) is 4.99 Å². The lowest BCUT2D eigenvalue weighted by Gasteiger charge is -2.27. The fraction of sp³-hybridized carbons (Fsp3) is 0.296. The van der Waals surface area contributed by atoms with Crippen LogP contribution in [0.1, 0.15) is 65.8 Å². The first-order chi connectivity index (χ1) is 17.9. The maximum atomic E-state index is 14.4. The van der Waals surface area contributed by atoms with E-state index in [2.05, 4.69) is 4.99 Å². The molecule has 0 bridgehead atoms. The number of ether oxygens (including phenoxy) is 1. The Bertz CT molecular complexity index is 1650. The van der Waals surface area contributed by atoms with Crippen LogP contribution in [0.3, 0.4) is 0 Å². The summed E-state index contributed by atoms with van der Waals surface area (Å²) in [4.78, 5) is 48.5. The minimum absolute atomic E-state index is 0.0323. The number of nitrogens with zero attached hydrogens (tertiary/aromatic N) is 4. The molecule has 37 heavy (non-hydrogen) atoms. The van der Waals surface area contributed by atoms with Crippen LogP contribution in [-0.2, 0) is 4.74 Å². The molecule has 0 N–H and O–H groups in total. The molecule has 190 valence electrons. The summed E-state index contributed by atoms with van der Waals surface area (Å²) in [5, 5.41) is 0.140. The highest BCUT2D eigenvalue weighted by Gasteiger charge is 2.26. The van der Waals surface area contributed by atoms with Crippen LogP contribution in [-0.4, -0.2) is 32.4 Å². The van der Waals surface area contributed by atoms with Crippen LogP contribution in [0.2, 0.25) is 0 Å². The van der Waals surface area contributed by atoms with Crippen molar-refractivity contribution in [1.29, 1.82) is 0 Å². The number of hydrogen-bond acceptors (Lipinski definition) is 5. The maximum absolute atomic E-state index is 14.4. The third kappa shape index (κ3) is 4.43. The Balaban J connectivity index is 1.92. The van der Waals surface area contributed by atoms with E-state index in [0.29, 0.717) is 18.5 Å². The summed E-state index contributed by atoms with van der Waals surface area (Å²) in [7, 11) is 0. The standard InChI is InChI=1S/C27H24F2N4O4/c1-2-37-27(36)18-15-17-23(30-21-13-6-7-14-32(21)26(17)35)33(16-9-4-3-5-10-16)24(18)31-25(34)22-19(28)11-8-12-20(22)29/h6-8,11-16H,2-5,9-10H2,1H3. The van der Waals surface area contributed by atoms with Gasteiger partial charge in [0.25, 0.3) is 11.5 Å². The zero-order valence-electron chi connectivity index (χ0n) is 20.1. The van der Waals surface area contributed by atoms with E-state index in [1.54, 1.807) is 35.9 Å². The number of rotatable bonds is 4. The van der Waals surface area contributed by atoms with Gasteiger partial charge in [-0.25, -0.2) is 18.6 Å². The average Bonchev–Trinajstić information content (AvgIpc) is 2.89. The molecule has 1 fully saturated rings. The first-order valence-electron chi connectivity index (χ1n) is 12.2. The Morgan fingerprint density at radius 1 is 1.08 bits per heavy atom. The molecular weight excluding hydrogens is 482 g/mol. The molecule has 8 nitrogen and oxygen atoms in total. The molecule has 1 amide bonds. The van der Waals surface area contributed by atoms with Crippen molar-refractivity contribution >= 4 is 28.6 Å². The Labute approximate surface area is 209 Å². The second-order valence-corrected chi connectivity index (χ2v) is 8.86. The van der Waals surface area contributed by atoms with Crippen molar-refractivity contribution in [2.45, 2.75) is 45.1 Å². The first kappa shape index (κ1) is 24.5. The van der Waals surface area contributed by atoms with Gasteiger partial charge in [0.15, 0.2) is 5.49 Å². The van der Waals surface area contributed by atoms with E-state index in [-0.39, 0.29) is 34.7 Å². The van der Waals surface area contributed by atoms with Crippen molar-refractivity contribution in [3.63, 3.8) is 0 Å². The summed E-state index contributed by atoms with van der Waals surface area (Å²) >= 11 is 0. The number of halogens is 2. The van der Waals surface area contributed by atoms with Crippen molar-refractivity contribution in [2.75, 3.05) is 6.61 Å². The number of carbonyl (C=O) groups is 2. The molecule has 3 heterocycles. The number of esters is 1. The molecule has 0 aliphatic heterocycles. The van der Waals surface area contributed by atoms with E-state index in [4.69, 9.17) is 9.72 Å². The summed E-state index contributed by atoms with van der Waals surface area (Å²) in [5.41, 5.74) is -0.937. The second kappa shape index (κ2) is 10.0. The molecule has 0 unspecified atom stereocenters. The summed E-state index contributed by atoms with van der Waals surface area (Å²) in [6.07, 6.45) is 5.72. The zero-order chi connectivity index (χ0) is 26.1. The Hall–Kier alpha value is -4.21. The van der Waals surface area contributed by atoms with E-state index in [9.17, 15) is 23.2 Å². The van der Waals surface area contributed by atoms with Gasteiger partial charge >= 0.3 is 5.97 Å². The topological polar surface area (TPSA) is 95.0 Å². The third-order valence-electron chi connectivity index (χ3n) is 6.55. The number of hydrogen-bond donors (Lipinski definition) is 0. The largest absolute Gasteiger partial charge is 0.462 e. The van der Waals surface area contributed by atoms with E-state index in [1.165, 1.54) is 10.5 Å². The number of aromatic nitrogens is 3. The van der Waals surface area contributed by atoms with Gasteiger partial charge in [0.05, 0.1) is 12.0 Å². The molecule has 0 spiro atoms. The molecule has 1 saturated carbocycles. The van der Waals surface area contributed by atoms with Crippen molar-refractivity contribution in [1.82, 2.24) is 14.0 Å². The molecule has 1 aromatic carbocycles. The fourth-order valence-electron chi connectivity index (χ4n) is 4.85. The molecule has 0 radical (unpaired) electrons. The molecule has 0 atom stereocenters. The number of pyridine rings is 2. The Morgan fingerprint density at radius 2 is 1.81 bits per heavy atom. The van der Waals surface area contributed by atoms with E-state index in [0.717, 1.165) is 37.5 Å². The van der Waals surface area contributed by atoms with Crippen molar-refractivity contribution in [3.05, 3.63) is 87.3 Å². The van der Waals surface area contributed by atoms with E-state index in [1.807, 2.05) is 0 Å². The van der Waals surface area contributed by atoms with Crippen molar-refractivity contribution in [2.24, 2.45) is 4.99 Å². The molecule has 1 aliphatic rings. The summed E-state index contributed by atoms with van der Waals surface area (Å²) in [6, 6.07) is 9.21. The number of carbonyl (C=O) groups excluding carboxylic acids is 2. The number of amides is 1. The highest BCUT2D eigenvalue weighted by Crippen LogP contribution is 2.29. The monoisotopic (exact) mass is 506 g/mol. The van der Waals surface area contributed by atoms with Gasteiger partial charge < -0.3 is 9.30 Å². The van der Waals surface area contributed by atoms with Gasteiger partial charge in [-0.1, -0.05) is 31.4 Å². The Kier molecular flexibility index (Phi) is 6.64. The lowest BCUT2D eigenvalue weighted by molar-refractivity contribution is 0.0523. The highest BCUT2D eigenvalue weighted by molar-refractivity contribution is 5.97. The maximum Gasteiger partial charge on any atom is 0.341 e. The zero-order valence-corrected chi connectivity index (χ0v) is 20.1. The highest BCUT2D eigenvalue weighted by atomic mass is 19.1. The van der Waals surface area contributed by atoms with Crippen LogP contribution in [0.4, 0.5) is 8.78 Å². The molecular formula is C27H24F2N4O4. The lowest BCUT2D eigenvalue weighted by atomic mass is 9.94. The van der Waals surface area contributed by atoms with Gasteiger partial charge in [0, 0.05) is 12.2 Å². The average molecular weight is 507 g/mol. The van der Waals surface area contributed by atoms with Crippen LogP contribution < -0.4 is 11.0 Å². The summed E-state index contributed by atoms with van der Waals surface area (Å²) in [5.74, 6) is -4.15. The smallest absolute Gasteiger partial charge is 0.341 e. The van der Waals surface area contributed by atoms with E-state index >= 15 is 0 Å². The fourth-order valence-corrected chi connectivity index (χ4v) is 4.85. The minimum Gasteiger partial charge on any atom is -0.462 e. The number of benzene rings is 1. The molecule has 0 saturated heterocycles. The SMILES string of the molecule is CCOC(=O)c1cc2c(=O)n3ccccc3nc2n(C2CCCCC2)c1=NC(=O)c1c(F)cccc1F. The van der Waals surface area contributed by atoms with Crippen LogP contribution in [0, 0.1) is 11.6 Å². The first-order valence-corrected chi connectivity index (χ1v) is 12.2. The second-order valence-electron chi connectivity index (χ2n) is 8.86. The van der Waals surface area contributed by atoms with E-state index < -0.39 is 34.6 Å². The van der Waals surface area contributed by atoms with Gasteiger partial charge in [-0.3, -0.25) is 14.0 Å². The predicted molar refractivity (Wildman–Crippen MR) is 131 cm³/mol. The van der Waals surface area contributed by atoms with Gasteiger partial charge in [-0.15, -0.1) is 0 Å². The predicted octanol–water partition coefficient (Wildman–Crippen LogP) is 4.35. The molecule has 3 aromatic heterocycles. The third-order valence-corrected chi connectivity index (χ3v) is 6.55. The van der Waals surface area contributed by atoms with Gasteiger partial charge in [0.1, 0.15) is 34.1 Å². The van der Waals surface area contributed by atoms with Crippen molar-refractivity contribution < 1.29 is 23.1 Å². The quantitative estimate of drug-likeness (QED) is 0.303. The summed E-state index contributed by atoms with van der Waals surface area (Å²) < 4.78 is 37.1. The van der Waals surface area contributed by atoms with Crippen LogP contribution in [0.25, 0.3) is 16.7 Å². The molecule has 10 heteroatoms. The molecule has 4 aromatic rings. The molecule has 1 aliphatic carbocycles. The van der Waals surface area contributed by atoms with Gasteiger partial charge in [0.2, 0.25) is 0 Å². The molecule has 5 rings (SSSR count). The van der Waals surface area contributed by atoms with Gasteiger partial charge in [-0.05, 0) is 50.1 Å².